The van der Waals surface area contributed by atoms with E-state index in [1.807, 2.05) is 25.1 Å². The normalized spacial score (nSPS) is 13.8. The van der Waals surface area contributed by atoms with Gasteiger partial charge in [0, 0.05) is 13.1 Å². The second-order valence-corrected chi connectivity index (χ2v) is 5.50. The van der Waals surface area contributed by atoms with Crippen LogP contribution in [0.25, 0.3) is 0 Å². The number of rotatable bonds is 7. The first kappa shape index (κ1) is 15.1. The molecule has 1 rings (SSSR count). The molecular formula is C12H19NO4S. The van der Waals surface area contributed by atoms with E-state index in [0.29, 0.717) is 6.42 Å². The molecule has 0 saturated heterocycles. The van der Waals surface area contributed by atoms with Crippen LogP contribution in [0.2, 0.25) is 0 Å². The van der Waals surface area contributed by atoms with Crippen LogP contribution in [0, 0.1) is 0 Å². The maximum absolute atomic E-state index is 11.1. The fraction of sp³-hybridized carbons (Fsp3) is 0.500. The summed E-state index contributed by atoms with van der Waals surface area (Å²) in [6, 6.07) is 9.03. The minimum Gasteiger partial charge on any atom is -0.388 e. The molecule has 0 aliphatic heterocycles. The minimum absolute atomic E-state index is 0.0999. The predicted molar refractivity (Wildman–Crippen MR) is 69.4 cm³/mol. The first-order valence-electron chi connectivity index (χ1n) is 5.90. The van der Waals surface area contributed by atoms with E-state index in [9.17, 15) is 13.5 Å². The summed E-state index contributed by atoms with van der Waals surface area (Å²) >= 11 is 0. The zero-order valence-corrected chi connectivity index (χ0v) is 11.2. The van der Waals surface area contributed by atoms with Gasteiger partial charge >= 0.3 is 10.3 Å². The topological polar surface area (TPSA) is 77.8 Å². The number of hydrogen-bond acceptors (Lipinski definition) is 3. The zero-order chi connectivity index (χ0) is 13.6. The van der Waals surface area contributed by atoms with Crippen LogP contribution in [0.4, 0.5) is 0 Å². The first-order chi connectivity index (χ1) is 8.45. The average Bonchev–Trinajstić information content (AvgIpc) is 2.33. The van der Waals surface area contributed by atoms with E-state index in [1.54, 1.807) is 12.1 Å². The van der Waals surface area contributed by atoms with E-state index in [2.05, 4.69) is 0 Å². The van der Waals surface area contributed by atoms with Gasteiger partial charge in [0.1, 0.15) is 0 Å². The van der Waals surface area contributed by atoms with Crippen LogP contribution in [-0.2, 0) is 10.3 Å². The lowest BCUT2D eigenvalue weighted by Crippen LogP contribution is -2.32. The zero-order valence-electron chi connectivity index (χ0n) is 10.4. The highest BCUT2D eigenvalue weighted by Gasteiger charge is 2.19. The molecule has 0 radical (unpaired) electrons. The molecule has 0 spiro atoms. The van der Waals surface area contributed by atoms with Crippen molar-refractivity contribution in [3.8, 4) is 0 Å². The average molecular weight is 273 g/mol. The molecule has 1 atom stereocenters. The summed E-state index contributed by atoms with van der Waals surface area (Å²) in [6.07, 6.45) is 0.137. The van der Waals surface area contributed by atoms with Crippen LogP contribution in [0.3, 0.4) is 0 Å². The van der Waals surface area contributed by atoms with Crippen molar-refractivity contribution in [2.75, 3.05) is 13.1 Å². The van der Waals surface area contributed by atoms with Crippen molar-refractivity contribution in [2.45, 2.75) is 25.9 Å². The van der Waals surface area contributed by atoms with Gasteiger partial charge in [-0.15, -0.1) is 0 Å². The van der Waals surface area contributed by atoms with Gasteiger partial charge in [0.2, 0.25) is 0 Å². The molecule has 0 aliphatic carbocycles. The van der Waals surface area contributed by atoms with Crippen LogP contribution in [0.1, 0.15) is 31.4 Å². The third-order valence-corrected chi connectivity index (χ3v) is 3.65. The second kappa shape index (κ2) is 6.84. The van der Waals surface area contributed by atoms with Gasteiger partial charge < -0.3 is 5.11 Å². The molecule has 6 heteroatoms. The summed E-state index contributed by atoms with van der Waals surface area (Å²) in [6.45, 7) is 2.18. The third-order valence-electron chi connectivity index (χ3n) is 2.64. The summed E-state index contributed by atoms with van der Waals surface area (Å²) < 4.78 is 32.1. The fourth-order valence-electron chi connectivity index (χ4n) is 1.70. The summed E-state index contributed by atoms with van der Waals surface area (Å²) in [5.74, 6) is 0. The third kappa shape index (κ3) is 4.73. The van der Waals surface area contributed by atoms with Gasteiger partial charge in [-0.25, -0.2) is 0 Å². The molecule has 0 heterocycles. The van der Waals surface area contributed by atoms with Gasteiger partial charge in [0.25, 0.3) is 0 Å². The Labute approximate surface area is 108 Å². The molecule has 5 nitrogen and oxygen atoms in total. The van der Waals surface area contributed by atoms with Gasteiger partial charge in [-0.05, 0) is 18.4 Å². The van der Waals surface area contributed by atoms with Crippen LogP contribution in [-0.4, -0.2) is 35.5 Å². The van der Waals surface area contributed by atoms with Crippen molar-refractivity contribution in [3.05, 3.63) is 35.9 Å². The van der Waals surface area contributed by atoms with E-state index < -0.39 is 16.4 Å². The molecule has 1 aromatic carbocycles. The lowest BCUT2D eigenvalue weighted by molar-refractivity contribution is 0.156. The molecule has 0 saturated carbocycles. The summed E-state index contributed by atoms with van der Waals surface area (Å²) in [7, 11) is -4.18. The molecule has 2 N–H and O–H groups in total. The van der Waals surface area contributed by atoms with Gasteiger partial charge in [-0.3, -0.25) is 4.55 Å². The smallest absolute Gasteiger partial charge is 0.335 e. The van der Waals surface area contributed by atoms with E-state index in [-0.39, 0.29) is 19.5 Å². The number of aliphatic hydroxyl groups is 1. The van der Waals surface area contributed by atoms with Gasteiger partial charge in [-0.1, -0.05) is 37.3 Å². The van der Waals surface area contributed by atoms with Gasteiger partial charge in [-0.2, -0.15) is 12.7 Å². The van der Waals surface area contributed by atoms with E-state index in [1.165, 1.54) is 0 Å². The molecule has 0 bridgehead atoms. The van der Waals surface area contributed by atoms with E-state index in [0.717, 1.165) is 9.87 Å². The lowest BCUT2D eigenvalue weighted by Gasteiger charge is -2.19. The summed E-state index contributed by atoms with van der Waals surface area (Å²) in [5, 5.41) is 9.90. The van der Waals surface area contributed by atoms with Crippen LogP contribution in [0.15, 0.2) is 30.3 Å². The largest absolute Gasteiger partial charge is 0.388 e. The summed E-state index contributed by atoms with van der Waals surface area (Å²) in [4.78, 5) is 0. The molecule has 0 aliphatic rings. The molecule has 102 valence electrons. The van der Waals surface area contributed by atoms with Crippen LogP contribution < -0.4 is 0 Å². The quantitative estimate of drug-likeness (QED) is 0.740. The monoisotopic (exact) mass is 273 g/mol. The Morgan fingerprint density at radius 1 is 1.22 bits per heavy atom. The van der Waals surface area contributed by atoms with Crippen LogP contribution in [0.5, 0.6) is 0 Å². The van der Waals surface area contributed by atoms with Crippen molar-refractivity contribution in [3.63, 3.8) is 0 Å². The van der Waals surface area contributed by atoms with Crippen molar-refractivity contribution in [2.24, 2.45) is 0 Å². The van der Waals surface area contributed by atoms with E-state index in [4.69, 9.17) is 4.55 Å². The predicted octanol–water partition coefficient (Wildman–Crippen LogP) is 1.62. The number of benzene rings is 1. The fourth-order valence-corrected chi connectivity index (χ4v) is 2.45. The molecular weight excluding hydrogens is 254 g/mol. The highest BCUT2D eigenvalue weighted by molar-refractivity contribution is 7.83. The van der Waals surface area contributed by atoms with Gasteiger partial charge in [0.15, 0.2) is 0 Å². The Kier molecular flexibility index (Phi) is 5.74. The van der Waals surface area contributed by atoms with Crippen LogP contribution >= 0.6 is 0 Å². The number of aliphatic hydroxyl groups excluding tert-OH is 1. The van der Waals surface area contributed by atoms with Crippen molar-refractivity contribution >= 4 is 10.3 Å². The highest BCUT2D eigenvalue weighted by Crippen LogP contribution is 2.17. The molecule has 0 fully saturated rings. The maximum atomic E-state index is 11.1. The molecule has 1 unspecified atom stereocenters. The second-order valence-electron chi connectivity index (χ2n) is 4.09. The van der Waals surface area contributed by atoms with E-state index >= 15 is 0 Å². The van der Waals surface area contributed by atoms with Gasteiger partial charge in [0.05, 0.1) is 6.10 Å². The van der Waals surface area contributed by atoms with Crippen molar-refractivity contribution in [1.29, 1.82) is 0 Å². The van der Waals surface area contributed by atoms with Crippen molar-refractivity contribution < 1.29 is 18.1 Å². The standard InChI is InChI=1S/C12H19NO4S/c1-2-9-13(18(15,16)17)10-8-12(14)11-6-4-3-5-7-11/h3-7,12,14H,2,8-10H2,1H3,(H,15,16,17). The molecule has 18 heavy (non-hydrogen) atoms. The number of hydrogen-bond donors (Lipinski definition) is 2. The molecule has 1 aromatic rings. The number of nitrogens with zero attached hydrogens (tertiary/aromatic N) is 1. The van der Waals surface area contributed by atoms with Crippen molar-refractivity contribution in [1.82, 2.24) is 4.31 Å². The SMILES string of the molecule is CCCN(CCC(O)c1ccccc1)S(=O)(=O)O. The Bertz CT molecular complexity index is 446. The lowest BCUT2D eigenvalue weighted by atomic mass is 10.1. The molecule has 0 aromatic heterocycles. The first-order valence-corrected chi connectivity index (χ1v) is 7.30. The minimum atomic E-state index is -4.18. The Hall–Kier alpha value is -0.950. The Morgan fingerprint density at radius 2 is 1.83 bits per heavy atom. The maximum Gasteiger partial charge on any atom is 0.335 e. The molecule has 0 amide bonds. The summed E-state index contributed by atoms with van der Waals surface area (Å²) in [5.41, 5.74) is 0.740. The Balaban J connectivity index is 2.58. The Morgan fingerprint density at radius 3 is 2.33 bits per heavy atom. The highest BCUT2D eigenvalue weighted by atomic mass is 32.2.